The summed E-state index contributed by atoms with van der Waals surface area (Å²) in [5.74, 6) is 1.02. The maximum atomic E-state index is 5.73. The molecular weight excluding hydrogens is 184 g/mol. The molecule has 0 amide bonds. The average molecular weight is 210 g/mol. The van der Waals surface area contributed by atoms with Crippen LogP contribution in [0.4, 0.5) is 0 Å². The molecule has 2 heteroatoms. The zero-order valence-corrected chi connectivity index (χ0v) is 10.1. The van der Waals surface area contributed by atoms with Gasteiger partial charge in [-0.15, -0.1) is 0 Å². The van der Waals surface area contributed by atoms with Crippen LogP contribution in [0, 0.1) is 5.92 Å². The Morgan fingerprint density at radius 1 is 1.27 bits per heavy atom. The summed E-state index contributed by atoms with van der Waals surface area (Å²) >= 11 is 0. The Bertz CT molecular complexity index is 187. The predicted octanol–water partition coefficient (Wildman–Crippen LogP) is 2.38. The molecule has 2 aliphatic rings. The minimum Gasteiger partial charge on any atom is -0.330 e. The normalized spacial score (nSPS) is 30.4. The number of hydrogen-bond acceptors (Lipinski definition) is 2. The molecule has 1 saturated carbocycles. The molecule has 1 saturated heterocycles. The summed E-state index contributed by atoms with van der Waals surface area (Å²) in [7, 11) is 0. The van der Waals surface area contributed by atoms with E-state index in [0.29, 0.717) is 0 Å². The maximum absolute atomic E-state index is 5.73. The lowest BCUT2D eigenvalue weighted by Crippen LogP contribution is -2.47. The molecule has 1 aliphatic carbocycles. The Labute approximate surface area is 94.2 Å². The summed E-state index contributed by atoms with van der Waals surface area (Å²) < 4.78 is 0. The maximum Gasteiger partial charge on any atom is 0.0124 e. The summed E-state index contributed by atoms with van der Waals surface area (Å²) in [6.07, 6.45) is 9.72. The van der Waals surface area contributed by atoms with Gasteiger partial charge in [0.1, 0.15) is 0 Å². The lowest BCUT2D eigenvalue weighted by Gasteiger charge is -2.41. The molecule has 2 atom stereocenters. The van der Waals surface area contributed by atoms with Crippen LogP contribution < -0.4 is 5.73 Å². The first-order chi connectivity index (χ1) is 7.36. The van der Waals surface area contributed by atoms with Crippen molar-refractivity contribution >= 4 is 0 Å². The molecule has 0 spiro atoms. The molecule has 15 heavy (non-hydrogen) atoms. The first-order valence-corrected chi connectivity index (χ1v) is 6.82. The highest BCUT2D eigenvalue weighted by atomic mass is 15.2. The van der Waals surface area contributed by atoms with Gasteiger partial charge < -0.3 is 5.73 Å². The van der Waals surface area contributed by atoms with Gasteiger partial charge in [0.2, 0.25) is 0 Å². The quantitative estimate of drug-likeness (QED) is 0.755. The zero-order chi connectivity index (χ0) is 10.7. The van der Waals surface area contributed by atoms with E-state index in [4.69, 9.17) is 5.73 Å². The van der Waals surface area contributed by atoms with Gasteiger partial charge in [0.25, 0.3) is 0 Å². The monoisotopic (exact) mass is 210 g/mol. The van der Waals surface area contributed by atoms with Crippen LogP contribution in [-0.2, 0) is 0 Å². The van der Waals surface area contributed by atoms with E-state index in [-0.39, 0.29) is 0 Å². The van der Waals surface area contributed by atoms with Gasteiger partial charge in [-0.25, -0.2) is 0 Å². The molecule has 1 aliphatic heterocycles. The van der Waals surface area contributed by atoms with Crippen LogP contribution in [0.3, 0.4) is 0 Å². The molecule has 88 valence electrons. The molecule has 0 aromatic carbocycles. The molecule has 2 unspecified atom stereocenters. The molecule has 0 radical (unpaired) electrons. The fourth-order valence-corrected chi connectivity index (χ4v) is 3.28. The van der Waals surface area contributed by atoms with Crippen molar-refractivity contribution in [1.29, 1.82) is 0 Å². The summed E-state index contributed by atoms with van der Waals surface area (Å²) in [6.45, 7) is 4.55. The zero-order valence-electron chi connectivity index (χ0n) is 10.1. The molecule has 2 fully saturated rings. The van der Waals surface area contributed by atoms with E-state index >= 15 is 0 Å². The number of rotatable bonds is 5. The van der Waals surface area contributed by atoms with E-state index in [0.717, 1.165) is 24.5 Å². The molecule has 1 heterocycles. The largest absolute Gasteiger partial charge is 0.330 e. The van der Waals surface area contributed by atoms with Gasteiger partial charge in [-0.1, -0.05) is 13.3 Å². The standard InChI is InChI=1S/C13H26N2/c1-2-13(11-6-7-11)15-10-4-3-5-12(15)8-9-14/h11-13H,2-10,14H2,1H3. The molecule has 0 aromatic heterocycles. The smallest absolute Gasteiger partial charge is 0.0124 e. The van der Waals surface area contributed by atoms with Gasteiger partial charge >= 0.3 is 0 Å². The highest BCUT2D eigenvalue weighted by Gasteiger charge is 2.37. The van der Waals surface area contributed by atoms with Gasteiger partial charge in [0, 0.05) is 12.1 Å². The first-order valence-electron chi connectivity index (χ1n) is 6.82. The minimum atomic E-state index is 0.800. The third-order valence-corrected chi connectivity index (χ3v) is 4.18. The summed E-state index contributed by atoms with van der Waals surface area (Å²) in [4.78, 5) is 2.80. The van der Waals surface area contributed by atoms with E-state index in [1.807, 2.05) is 0 Å². The Hall–Kier alpha value is -0.0800. The molecule has 2 N–H and O–H groups in total. The lowest BCUT2D eigenvalue weighted by molar-refractivity contribution is 0.0758. The van der Waals surface area contributed by atoms with Crippen molar-refractivity contribution in [2.75, 3.05) is 13.1 Å². The molecule has 2 rings (SSSR count). The highest BCUT2D eigenvalue weighted by molar-refractivity contribution is 4.91. The van der Waals surface area contributed by atoms with Gasteiger partial charge in [0.15, 0.2) is 0 Å². The number of nitrogens with zero attached hydrogens (tertiary/aromatic N) is 1. The highest BCUT2D eigenvalue weighted by Crippen LogP contribution is 2.39. The van der Waals surface area contributed by atoms with Gasteiger partial charge in [-0.05, 0) is 57.5 Å². The molecule has 2 nitrogen and oxygen atoms in total. The number of nitrogens with two attached hydrogens (primary N) is 1. The van der Waals surface area contributed by atoms with Crippen LogP contribution in [-0.4, -0.2) is 30.1 Å². The van der Waals surface area contributed by atoms with Gasteiger partial charge in [-0.3, -0.25) is 4.90 Å². The Morgan fingerprint density at radius 2 is 2.07 bits per heavy atom. The van der Waals surface area contributed by atoms with E-state index in [1.54, 1.807) is 0 Å². The summed E-state index contributed by atoms with van der Waals surface area (Å²) in [5.41, 5.74) is 5.73. The van der Waals surface area contributed by atoms with Crippen molar-refractivity contribution < 1.29 is 0 Å². The Kier molecular flexibility index (Phi) is 4.04. The number of hydrogen-bond donors (Lipinski definition) is 1. The second kappa shape index (κ2) is 5.31. The van der Waals surface area contributed by atoms with Crippen LogP contribution in [0.15, 0.2) is 0 Å². The first kappa shape index (κ1) is 11.4. The van der Waals surface area contributed by atoms with Crippen LogP contribution in [0.5, 0.6) is 0 Å². The minimum absolute atomic E-state index is 0.800. The van der Waals surface area contributed by atoms with Crippen LogP contribution in [0.25, 0.3) is 0 Å². The van der Waals surface area contributed by atoms with Crippen molar-refractivity contribution in [1.82, 2.24) is 4.90 Å². The fourth-order valence-electron chi connectivity index (χ4n) is 3.28. The predicted molar refractivity (Wildman–Crippen MR) is 64.8 cm³/mol. The number of likely N-dealkylation sites (tertiary alicyclic amines) is 1. The van der Waals surface area contributed by atoms with Gasteiger partial charge in [0.05, 0.1) is 0 Å². The van der Waals surface area contributed by atoms with E-state index < -0.39 is 0 Å². The third kappa shape index (κ3) is 2.73. The summed E-state index contributed by atoms with van der Waals surface area (Å²) in [6, 6.07) is 1.68. The van der Waals surface area contributed by atoms with E-state index in [1.165, 1.54) is 51.5 Å². The third-order valence-electron chi connectivity index (χ3n) is 4.18. The second-order valence-corrected chi connectivity index (χ2v) is 5.28. The van der Waals surface area contributed by atoms with Crippen molar-refractivity contribution in [2.45, 2.75) is 64.0 Å². The summed E-state index contributed by atoms with van der Waals surface area (Å²) in [5, 5.41) is 0. The van der Waals surface area contributed by atoms with Crippen molar-refractivity contribution in [2.24, 2.45) is 11.7 Å². The fraction of sp³-hybridized carbons (Fsp3) is 1.00. The Balaban J connectivity index is 1.95. The van der Waals surface area contributed by atoms with E-state index in [2.05, 4.69) is 11.8 Å². The molecule has 0 aromatic rings. The van der Waals surface area contributed by atoms with Gasteiger partial charge in [-0.2, -0.15) is 0 Å². The number of piperidine rings is 1. The van der Waals surface area contributed by atoms with E-state index in [9.17, 15) is 0 Å². The topological polar surface area (TPSA) is 29.3 Å². The average Bonchev–Trinajstić information content (AvgIpc) is 3.06. The van der Waals surface area contributed by atoms with Crippen molar-refractivity contribution in [3.63, 3.8) is 0 Å². The van der Waals surface area contributed by atoms with Crippen LogP contribution in [0.1, 0.15) is 51.9 Å². The van der Waals surface area contributed by atoms with Crippen LogP contribution in [0.2, 0.25) is 0 Å². The second-order valence-electron chi connectivity index (χ2n) is 5.28. The molecule has 0 bridgehead atoms. The van der Waals surface area contributed by atoms with Crippen LogP contribution >= 0.6 is 0 Å². The molecular formula is C13H26N2. The SMILES string of the molecule is CCC(C1CC1)N1CCCCC1CCN. The van der Waals surface area contributed by atoms with Crippen molar-refractivity contribution in [3.8, 4) is 0 Å². The van der Waals surface area contributed by atoms with Crippen molar-refractivity contribution in [3.05, 3.63) is 0 Å². The lowest BCUT2D eigenvalue weighted by atomic mass is 9.94. The Morgan fingerprint density at radius 3 is 2.67 bits per heavy atom.